The van der Waals surface area contributed by atoms with Gasteiger partial charge in [0, 0.05) is 23.9 Å². The molecule has 2 aromatic carbocycles. The van der Waals surface area contributed by atoms with Crippen molar-refractivity contribution < 1.29 is 9.59 Å². The van der Waals surface area contributed by atoms with Gasteiger partial charge in [-0.05, 0) is 44.4 Å². The minimum absolute atomic E-state index is 0.0533. The Morgan fingerprint density at radius 3 is 2.37 bits per heavy atom. The lowest BCUT2D eigenvalue weighted by atomic mass is 10.1. The molecule has 0 saturated carbocycles. The number of hydrogen-bond acceptors (Lipinski definition) is 3. The van der Waals surface area contributed by atoms with E-state index in [4.69, 9.17) is 11.6 Å². The molecular weight excluding hydrogens is 416 g/mol. The van der Waals surface area contributed by atoms with Crippen LogP contribution in [0.25, 0.3) is 0 Å². The molecule has 30 heavy (non-hydrogen) atoms. The van der Waals surface area contributed by atoms with Crippen LogP contribution in [0.2, 0.25) is 5.02 Å². The summed E-state index contributed by atoms with van der Waals surface area (Å²) in [7, 11) is 0. The van der Waals surface area contributed by atoms with E-state index in [0.717, 1.165) is 11.3 Å². The largest absolute Gasteiger partial charge is 0.355 e. The molecule has 6 heteroatoms. The molecule has 0 aliphatic heterocycles. The Bertz CT molecular complexity index is 852. The van der Waals surface area contributed by atoms with Gasteiger partial charge in [0.15, 0.2) is 0 Å². The maximum Gasteiger partial charge on any atom is 0.242 e. The van der Waals surface area contributed by atoms with Crippen molar-refractivity contribution in [1.29, 1.82) is 0 Å². The fraction of sp³-hybridized carbons (Fsp3) is 0.417. The molecule has 1 atom stereocenters. The zero-order valence-electron chi connectivity index (χ0n) is 18.2. The van der Waals surface area contributed by atoms with E-state index in [0.29, 0.717) is 30.3 Å². The van der Waals surface area contributed by atoms with Crippen LogP contribution >= 0.6 is 23.4 Å². The number of nitrogens with one attached hydrogen (secondary N) is 1. The summed E-state index contributed by atoms with van der Waals surface area (Å²) >= 11 is 7.90. The predicted molar refractivity (Wildman–Crippen MR) is 127 cm³/mol. The second-order valence-electron chi connectivity index (χ2n) is 7.42. The smallest absolute Gasteiger partial charge is 0.242 e. The minimum Gasteiger partial charge on any atom is -0.355 e. The summed E-state index contributed by atoms with van der Waals surface area (Å²) in [5.74, 6) is 0.890. The number of halogens is 1. The Hall–Kier alpha value is -1.98. The third kappa shape index (κ3) is 7.06. The highest BCUT2D eigenvalue weighted by Crippen LogP contribution is 2.22. The lowest BCUT2D eigenvalue weighted by molar-refractivity contribution is -0.139. The number of aryl methyl sites for hydroxylation is 2. The first kappa shape index (κ1) is 24.3. The van der Waals surface area contributed by atoms with Gasteiger partial charge >= 0.3 is 0 Å². The molecular formula is C24H31ClN2O2S. The Morgan fingerprint density at radius 1 is 1.10 bits per heavy atom. The van der Waals surface area contributed by atoms with Crippen LogP contribution in [0.1, 0.15) is 42.5 Å². The van der Waals surface area contributed by atoms with Gasteiger partial charge in [0.1, 0.15) is 6.04 Å². The van der Waals surface area contributed by atoms with E-state index in [1.165, 1.54) is 16.7 Å². The molecule has 0 aromatic heterocycles. The topological polar surface area (TPSA) is 49.4 Å². The third-order valence-electron chi connectivity index (χ3n) is 4.81. The molecule has 0 fully saturated rings. The van der Waals surface area contributed by atoms with Crippen molar-refractivity contribution in [2.75, 3.05) is 12.3 Å². The van der Waals surface area contributed by atoms with Gasteiger partial charge in [-0.1, -0.05) is 66.0 Å². The van der Waals surface area contributed by atoms with Crippen LogP contribution in [0.15, 0.2) is 42.5 Å². The standard InChI is InChI=1S/C24H31ClN2O2S/c1-5-22(24(29)26-6-2)27(14-20-9-7-8-10-21(20)25)23(28)16-30-15-19-12-17(3)11-18(4)13-19/h7-13,22H,5-6,14-16H2,1-4H3,(H,26,29)/t22-/m1/s1. The minimum atomic E-state index is -0.518. The van der Waals surface area contributed by atoms with Crippen LogP contribution in [0.4, 0.5) is 0 Å². The summed E-state index contributed by atoms with van der Waals surface area (Å²) in [6.45, 7) is 8.81. The number of hydrogen-bond donors (Lipinski definition) is 1. The van der Waals surface area contributed by atoms with Gasteiger partial charge in [-0.2, -0.15) is 0 Å². The van der Waals surface area contributed by atoms with Gasteiger partial charge in [0.25, 0.3) is 0 Å². The molecule has 2 amide bonds. The fourth-order valence-electron chi connectivity index (χ4n) is 3.51. The van der Waals surface area contributed by atoms with E-state index in [-0.39, 0.29) is 11.8 Å². The summed E-state index contributed by atoms with van der Waals surface area (Å²) in [5, 5.41) is 3.45. The number of carbonyl (C=O) groups is 2. The second kappa shape index (κ2) is 12.0. The first-order valence-electron chi connectivity index (χ1n) is 10.3. The molecule has 2 rings (SSSR count). The van der Waals surface area contributed by atoms with Crippen molar-refractivity contribution in [1.82, 2.24) is 10.2 Å². The Kier molecular flexibility index (Phi) is 9.73. The quantitative estimate of drug-likeness (QED) is 0.550. The highest BCUT2D eigenvalue weighted by Gasteiger charge is 2.28. The van der Waals surface area contributed by atoms with E-state index in [1.54, 1.807) is 22.7 Å². The van der Waals surface area contributed by atoms with Gasteiger partial charge in [-0.25, -0.2) is 0 Å². The van der Waals surface area contributed by atoms with E-state index < -0.39 is 6.04 Å². The van der Waals surface area contributed by atoms with Crippen molar-refractivity contribution >= 4 is 35.2 Å². The van der Waals surface area contributed by atoms with Gasteiger partial charge in [-0.15, -0.1) is 11.8 Å². The maximum absolute atomic E-state index is 13.2. The average Bonchev–Trinajstić information content (AvgIpc) is 2.68. The molecule has 0 bridgehead atoms. The summed E-state index contributed by atoms with van der Waals surface area (Å²) in [5.41, 5.74) is 4.49. The number of thioether (sulfide) groups is 1. The second-order valence-corrected chi connectivity index (χ2v) is 8.81. The summed E-state index contributed by atoms with van der Waals surface area (Å²) in [6.07, 6.45) is 0.545. The van der Waals surface area contributed by atoms with Crippen LogP contribution in [-0.2, 0) is 21.9 Å². The van der Waals surface area contributed by atoms with E-state index in [1.807, 2.05) is 32.0 Å². The maximum atomic E-state index is 13.2. The van der Waals surface area contributed by atoms with Gasteiger partial charge in [0.05, 0.1) is 5.75 Å². The predicted octanol–water partition coefficient (Wildman–Crippen LogP) is 5.13. The van der Waals surface area contributed by atoms with Crippen LogP contribution in [-0.4, -0.2) is 35.1 Å². The van der Waals surface area contributed by atoms with Crippen molar-refractivity contribution in [2.45, 2.75) is 52.5 Å². The van der Waals surface area contributed by atoms with Gasteiger partial charge in [-0.3, -0.25) is 9.59 Å². The molecule has 0 radical (unpaired) electrons. The molecule has 1 N–H and O–H groups in total. The molecule has 0 unspecified atom stereocenters. The number of rotatable bonds is 10. The zero-order valence-corrected chi connectivity index (χ0v) is 19.8. The van der Waals surface area contributed by atoms with E-state index in [9.17, 15) is 9.59 Å². The average molecular weight is 447 g/mol. The van der Waals surface area contributed by atoms with Crippen LogP contribution in [0, 0.1) is 13.8 Å². The van der Waals surface area contributed by atoms with E-state index >= 15 is 0 Å². The van der Waals surface area contributed by atoms with Crippen molar-refractivity contribution in [3.8, 4) is 0 Å². The van der Waals surface area contributed by atoms with Crippen molar-refractivity contribution in [2.24, 2.45) is 0 Å². The summed E-state index contributed by atoms with van der Waals surface area (Å²) in [6, 6.07) is 13.4. The van der Waals surface area contributed by atoms with E-state index in [2.05, 4.69) is 37.4 Å². The van der Waals surface area contributed by atoms with Crippen molar-refractivity contribution in [3.63, 3.8) is 0 Å². The number of benzene rings is 2. The highest BCUT2D eigenvalue weighted by molar-refractivity contribution is 7.99. The monoisotopic (exact) mass is 446 g/mol. The summed E-state index contributed by atoms with van der Waals surface area (Å²) < 4.78 is 0. The van der Waals surface area contributed by atoms with Gasteiger partial charge < -0.3 is 10.2 Å². The first-order chi connectivity index (χ1) is 14.3. The lowest BCUT2D eigenvalue weighted by Crippen LogP contribution is -2.49. The number of amides is 2. The Balaban J connectivity index is 2.14. The molecule has 4 nitrogen and oxygen atoms in total. The molecule has 162 valence electrons. The molecule has 2 aromatic rings. The molecule has 0 aliphatic carbocycles. The fourth-order valence-corrected chi connectivity index (χ4v) is 4.55. The number of likely N-dealkylation sites (N-methyl/N-ethyl adjacent to an activating group) is 1. The van der Waals surface area contributed by atoms with Crippen LogP contribution in [0.3, 0.4) is 0 Å². The van der Waals surface area contributed by atoms with Crippen molar-refractivity contribution in [3.05, 3.63) is 69.7 Å². The normalized spacial score (nSPS) is 11.8. The Morgan fingerprint density at radius 2 is 1.77 bits per heavy atom. The highest BCUT2D eigenvalue weighted by atomic mass is 35.5. The zero-order chi connectivity index (χ0) is 22.1. The molecule has 0 spiro atoms. The third-order valence-corrected chi connectivity index (χ3v) is 6.17. The number of carbonyl (C=O) groups excluding carboxylic acids is 2. The SMILES string of the molecule is CCNC(=O)[C@@H](CC)N(Cc1ccccc1Cl)C(=O)CSCc1cc(C)cc(C)c1. The Labute approximate surface area is 189 Å². The molecule has 0 aliphatic rings. The van der Waals surface area contributed by atoms with Gasteiger partial charge in [0.2, 0.25) is 11.8 Å². The first-order valence-corrected chi connectivity index (χ1v) is 11.8. The van der Waals surface area contributed by atoms with Crippen LogP contribution in [0.5, 0.6) is 0 Å². The molecule has 0 heterocycles. The van der Waals surface area contributed by atoms with Crippen LogP contribution < -0.4 is 5.32 Å². The molecule has 0 saturated heterocycles. The number of nitrogens with zero attached hydrogens (tertiary/aromatic N) is 1. The summed E-state index contributed by atoms with van der Waals surface area (Å²) in [4.78, 5) is 27.5. The lowest BCUT2D eigenvalue weighted by Gasteiger charge is -2.30.